The zero-order chi connectivity index (χ0) is 14.4. The second-order valence-electron chi connectivity index (χ2n) is 4.68. The van der Waals surface area contributed by atoms with Gasteiger partial charge in [0.25, 0.3) is 0 Å². The highest BCUT2D eigenvalue weighted by Gasteiger charge is 2.25. The summed E-state index contributed by atoms with van der Waals surface area (Å²) in [7, 11) is 0. The molecule has 20 heavy (non-hydrogen) atoms. The van der Waals surface area contributed by atoms with Gasteiger partial charge in [0.1, 0.15) is 6.04 Å². The van der Waals surface area contributed by atoms with E-state index in [9.17, 15) is 9.59 Å². The molecule has 2 rings (SSSR count). The maximum absolute atomic E-state index is 12.2. The van der Waals surface area contributed by atoms with Crippen molar-refractivity contribution < 1.29 is 14.3 Å². The lowest BCUT2D eigenvalue weighted by atomic mass is 9.94. The highest BCUT2D eigenvalue weighted by atomic mass is 16.5. The summed E-state index contributed by atoms with van der Waals surface area (Å²) in [4.78, 5) is 23.4. The standard InChI is InChI=1S/C15H20N2O3/c1-2-20-13(18)8-10-17-15(19)14-12-6-4-3-5-11(12)7-9-16-14/h3-6,14,16H,2,7-10H2,1H3,(H,17,19). The number of ether oxygens (including phenoxy) is 1. The lowest BCUT2D eigenvalue weighted by Crippen LogP contribution is -2.42. The fourth-order valence-electron chi connectivity index (χ4n) is 2.36. The van der Waals surface area contributed by atoms with E-state index >= 15 is 0 Å². The Bertz CT molecular complexity index is 488. The van der Waals surface area contributed by atoms with Gasteiger partial charge in [-0.15, -0.1) is 0 Å². The molecule has 0 radical (unpaired) electrons. The van der Waals surface area contributed by atoms with Gasteiger partial charge < -0.3 is 15.4 Å². The molecular formula is C15H20N2O3. The average molecular weight is 276 g/mol. The first-order valence-corrected chi connectivity index (χ1v) is 6.97. The highest BCUT2D eigenvalue weighted by molar-refractivity contribution is 5.84. The van der Waals surface area contributed by atoms with Crippen molar-refractivity contribution in [2.45, 2.75) is 25.8 Å². The third-order valence-electron chi connectivity index (χ3n) is 3.30. The molecule has 1 amide bonds. The molecule has 5 nitrogen and oxygen atoms in total. The van der Waals surface area contributed by atoms with Gasteiger partial charge in [-0.25, -0.2) is 0 Å². The molecular weight excluding hydrogens is 256 g/mol. The third kappa shape index (κ3) is 3.57. The van der Waals surface area contributed by atoms with Gasteiger partial charge in [0, 0.05) is 13.1 Å². The monoisotopic (exact) mass is 276 g/mol. The molecule has 1 heterocycles. The Kier molecular flexibility index (Phi) is 5.12. The molecule has 0 saturated heterocycles. The molecule has 0 aliphatic carbocycles. The summed E-state index contributed by atoms with van der Waals surface area (Å²) in [5, 5.41) is 5.99. The quantitative estimate of drug-likeness (QED) is 0.786. The topological polar surface area (TPSA) is 67.4 Å². The summed E-state index contributed by atoms with van der Waals surface area (Å²) in [5.74, 6) is -0.383. The molecule has 1 aromatic carbocycles. The molecule has 5 heteroatoms. The molecule has 1 aliphatic rings. The Labute approximate surface area is 118 Å². The summed E-state index contributed by atoms with van der Waals surface area (Å²) in [5.41, 5.74) is 2.23. The SMILES string of the molecule is CCOC(=O)CCNC(=O)C1NCCc2ccccc21. The molecule has 0 saturated carbocycles. The number of fused-ring (bicyclic) bond motifs is 1. The van der Waals surface area contributed by atoms with E-state index in [0.29, 0.717) is 13.2 Å². The first-order valence-electron chi connectivity index (χ1n) is 6.97. The van der Waals surface area contributed by atoms with Crippen LogP contribution < -0.4 is 10.6 Å². The first kappa shape index (κ1) is 14.5. The van der Waals surface area contributed by atoms with Gasteiger partial charge in [0.2, 0.25) is 5.91 Å². The predicted octanol–water partition coefficient (Wildman–Crippen LogP) is 0.943. The summed E-state index contributed by atoms with van der Waals surface area (Å²) in [6.07, 6.45) is 1.14. The van der Waals surface area contributed by atoms with Gasteiger partial charge in [-0.3, -0.25) is 9.59 Å². The average Bonchev–Trinajstić information content (AvgIpc) is 2.47. The second kappa shape index (κ2) is 7.05. The number of rotatable bonds is 5. The maximum atomic E-state index is 12.2. The normalized spacial score (nSPS) is 17.1. The molecule has 0 fully saturated rings. The van der Waals surface area contributed by atoms with Crippen LogP contribution in [0.4, 0.5) is 0 Å². The van der Waals surface area contributed by atoms with E-state index in [1.54, 1.807) is 6.92 Å². The van der Waals surface area contributed by atoms with Crippen molar-refractivity contribution in [1.29, 1.82) is 0 Å². The minimum Gasteiger partial charge on any atom is -0.466 e. The van der Waals surface area contributed by atoms with Crippen molar-refractivity contribution >= 4 is 11.9 Å². The second-order valence-corrected chi connectivity index (χ2v) is 4.68. The number of carbonyl (C=O) groups excluding carboxylic acids is 2. The first-order chi connectivity index (χ1) is 9.72. The zero-order valence-corrected chi connectivity index (χ0v) is 11.6. The van der Waals surface area contributed by atoms with Gasteiger partial charge in [0.05, 0.1) is 13.0 Å². The molecule has 1 unspecified atom stereocenters. The number of nitrogens with one attached hydrogen (secondary N) is 2. The van der Waals surface area contributed by atoms with Crippen LogP contribution in [0.25, 0.3) is 0 Å². The molecule has 1 atom stereocenters. The summed E-state index contributed by atoms with van der Waals surface area (Å²) < 4.78 is 4.82. The zero-order valence-electron chi connectivity index (χ0n) is 11.6. The fourth-order valence-corrected chi connectivity index (χ4v) is 2.36. The molecule has 1 aromatic rings. The minimum absolute atomic E-state index is 0.0959. The Balaban J connectivity index is 1.89. The van der Waals surface area contributed by atoms with Gasteiger partial charge >= 0.3 is 5.97 Å². The van der Waals surface area contributed by atoms with Crippen LogP contribution in [0, 0.1) is 0 Å². The molecule has 2 N–H and O–H groups in total. The van der Waals surface area contributed by atoms with Crippen LogP contribution >= 0.6 is 0 Å². The number of benzene rings is 1. The van der Waals surface area contributed by atoms with Gasteiger partial charge in [-0.1, -0.05) is 24.3 Å². The van der Waals surface area contributed by atoms with Gasteiger partial charge in [-0.2, -0.15) is 0 Å². The van der Waals surface area contributed by atoms with Crippen molar-refractivity contribution in [2.75, 3.05) is 19.7 Å². The van der Waals surface area contributed by atoms with E-state index in [4.69, 9.17) is 4.74 Å². The van der Waals surface area contributed by atoms with Gasteiger partial charge in [0.15, 0.2) is 0 Å². The van der Waals surface area contributed by atoms with Crippen molar-refractivity contribution in [3.05, 3.63) is 35.4 Å². The van der Waals surface area contributed by atoms with E-state index in [1.807, 2.05) is 18.2 Å². The molecule has 0 aromatic heterocycles. The van der Waals surface area contributed by atoms with Crippen LogP contribution in [0.3, 0.4) is 0 Å². The number of amides is 1. The number of hydrogen-bond donors (Lipinski definition) is 2. The Morgan fingerprint density at radius 2 is 2.20 bits per heavy atom. The van der Waals surface area contributed by atoms with Crippen LogP contribution in [0.1, 0.15) is 30.5 Å². The number of carbonyl (C=O) groups is 2. The van der Waals surface area contributed by atoms with Crippen molar-refractivity contribution in [2.24, 2.45) is 0 Å². The fraction of sp³-hybridized carbons (Fsp3) is 0.467. The Morgan fingerprint density at radius 1 is 1.40 bits per heavy atom. The smallest absolute Gasteiger partial charge is 0.307 e. The van der Waals surface area contributed by atoms with Crippen LogP contribution in [0.15, 0.2) is 24.3 Å². The van der Waals surface area contributed by atoms with Crippen molar-refractivity contribution in [3.8, 4) is 0 Å². The largest absolute Gasteiger partial charge is 0.466 e. The Hall–Kier alpha value is -1.88. The van der Waals surface area contributed by atoms with Crippen LogP contribution in [-0.2, 0) is 20.7 Å². The van der Waals surface area contributed by atoms with E-state index in [-0.39, 0.29) is 24.3 Å². The Morgan fingerprint density at radius 3 is 3.00 bits per heavy atom. The highest BCUT2D eigenvalue weighted by Crippen LogP contribution is 2.22. The van der Waals surface area contributed by atoms with Crippen LogP contribution in [0.2, 0.25) is 0 Å². The number of hydrogen-bond acceptors (Lipinski definition) is 4. The molecule has 108 valence electrons. The molecule has 0 spiro atoms. The van der Waals surface area contributed by atoms with Crippen LogP contribution in [-0.4, -0.2) is 31.6 Å². The van der Waals surface area contributed by atoms with E-state index < -0.39 is 0 Å². The van der Waals surface area contributed by atoms with Crippen molar-refractivity contribution in [3.63, 3.8) is 0 Å². The summed E-state index contributed by atoms with van der Waals surface area (Å²) in [6, 6.07) is 7.61. The minimum atomic E-state index is -0.331. The summed E-state index contributed by atoms with van der Waals surface area (Å²) in [6.45, 7) is 3.22. The van der Waals surface area contributed by atoms with E-state index in [1.165, 1.54) is 5.56 Å². The van der Waals surface area contributed by atoms with E-state index in [0.717, 1.165) is 18.5 Å². The lowest BCUT2D eigenvalue weighted by molar-refractivity contribution is -0.143. The van der Waals surface area contributed by atoms with Gasteiger partial charge in [-0.05, 0) is 24.5 Å². The van der Waals surface area contributed by atoms with Crippen molar-refractivity contribution in [1.82, 2.24) is 10.6 Å². The number of esters is 1. The summed E-state index contributed by atoms with van der Waals surface area (Å²) >= 11 is 0. The predicted molar refractivity (Wildman–Crippen MR) is 75.1 cm³/mol. The maximum Gasteiger partial charge on any atom is 0.307 e. The van der Waals surface area contributed by atoms with Crippen LogP contribution in [0.5, 0.6) is 0 Å². The van der Waals surface area contributed by atoms with E-state index in [2.05, 4.69) is 16.7 Å². The molecule has 0 bridgehead atoms. The third-order valence-corrected chi connectivity index (χ3v) is 3.30. The molecule has 1 aliphatic heterocycles. The lowest BCUT2D eigenvalue weighted by Gasteiger charge is -2.25.